The Morgan fingerprint density at radius 3 is 2.59 bits per heavy atom. The van der Waals surface area contributed by atoms with Gasteiger partial charge >= 0.3 is 0 Å². The molecule has 2 rings (SSSR count). The molecule has 1 aliphatic heterocycles. The van der Waals surface area contributed by atoms with Gasteiger partial charge in [0.25, 0.3) is 0 Å². The fourth-order valence-corrected chi connectivity index (χ4v) is 2.12. The lowest BCUT2D eigenvalue weighted by Gasteiger charge is -2.33. The van der Waals surface area contributed by atoms with Crippen LogP contribution in [0.3, 0.4) is 0 Å². The number of aliphatic imine (C=N–C) groups is 2. The third-order valence-electron chi connectivity index (χ3n) is 3.26. The molecule has 0 saturated carbocycles. The van der Waals surface area contributed by atoms with Crippen molar-refractivity contribution in [2.45, 2.75) is 25.0 Å². The number of benzene rings is 1. The second-order valence-corrected chi connectivity index (χ2v) is 5.14. The molecule has 0 aromatic heterocycles. The van der Waals surface area contributed by atoms with Gasteiger partial charge in [0.1, 0.15) is 5.84 Å². The van der Waals surface area contributed by atoms with E-state index in [9.17, 15) is 0 Å². The van der Waals surface area contributed by atoms with Gasteiger partial charge in [-0.3, -0.25) is 10.7 Å². The van der Waals surface area contributed by atoms with Gasteiger partial charge in [0, 0.05) is 18.5 Å². The molecule has 1 aromatic rings. The van der Waals surface area contributed by atoms with E-state index in [1.54, 1.807) is 0 Å². The third-order valence-corrected chi connectivity index (χ3v) is 3.26. The van der Waals surface area contributed by atoms with Crippen LogP contribution in [-0.4, -0.2) is 24.1 Å². The van der Waals surface area contributed by atoms with E-state index >= 15 is 0 Å². The molecular weight excluding hydrogens is 274 g/mol. The summed E-state index contributed by atoms with van der Waals surface area (Å²) in [6, 6.07) is 9.90. The quantitative estimate of drug-likeness (QED) is 0.533. The van der Waals surface area contributed by atoms with Gasteiger partial charge in [0.15, 0.2) is 11.7 Å². The summed E-state index contributed by atoms with van der Waals surface area (Å²) in [6.45, 7) is 8.10. The first-order valence-corrected chi connectivity index (χ1v) is 7.42. The molecule has 4 N–H and O–H groups in total. The van der Waals surface area contributed by atoms with Crippen molar-refractivity contribution in [3.63, 3.8) is 0 Å². The number of guanidine groups is 1. The van der Waals surface area contributed by atoms with E-state index in [0.29, 0.717) is 18.9 Å². The zero-order valence-corrected chi connectivity index (χ0v) is 12.8. The highest BCUT2D eigenvalue weighted by molar-refractivity contribution is 6.10. The van der Waals surface area contributed by atoms with Gasteiger partial charge in [-0.1, -0.05) is 42.5 Å². The minimum absolute atomic E-state index is 0.641. The first-order chi connectivity index (χ1) is 10.7. The summed E-state index contributed by atoms with van der Waals surface area (Å²) in [6.07, 6.45) is 5.91. The van der Waals surface area contributed by atoms with Crippen molar-refractivity contribution in [1.29, 1.82) is 0 Å². The normalized spacial score (nSPS) is 22.4. The van der Waals surface area contributed by atoms with Crippen LogP contribution in [0.25, 0.3) is 0 Å². The monoisotopic (exact) mass is 297 g/mol. The Morgan fingerprint density at radius 2 is 1.91 bits per heavy atom. The number of rotatable bonds is 7. The first-order valence-electron chi connectivity index (χ1n) is 7.42. The van der Waals surface area contributed by atoms with Crippen LogP contribution in [0.1, 0.15) is 24.8 Å². The Bertz CT molecular complexity index is 576. The van der Waals surface area contributed by atoms with E-state index in [0.717, 1.165) is 24.2 Å². The summed E-state index contributed by atoms with van der Waals surface area (Å²) in [7, 11) is 0. The van der Waals surface area contributed by atoms with E-state index in [4.69, 9.17) is 5.73 Å². The molecular formula is C17H23N5. The van der Waals surface area contributed by atoms with Crippen LogP contribution in [0.15, 0.2) is 65.6 Å². The highest BCUT2D eigenvalue weighted by atomic mass is 15.4. The standard InChI is InChI=1S/C17H23N5/c1-3-5-12-17(18)21-15(14-10-8-7-9-11-14)20-16(22-17)19-13-6-4-2/h3-4,7-11H,1-2,5-6,12-13,18H2,(H2,19,20,21,22). The molecule has 1 unspecified atom stereocenters. The SMILES string of the molecule is C=CCCN=C1NC(c2ccccc2)=NC(N)(CCC=C)N1. The Labute approximate surface area is 131 Å². The molecule has 0 bridgehead atoms. The topological polar surface area (TPSA) is 74.8 Å². The fraction of sp³-hybridized carbons (Fsp3) is 0.294. The number of amidine groups is 1. The number of hydrogen-bond donors (Lipinski definition) is 3. The Morgan fingerprint density at radius 1 is 1.18 bits per heavy atom. The summed E-state index contributed by atoms with van der Waals surface area (Å²) in [5.41, 5.74) is 7.36. The van der Waals surface area contributed by atoms with Crippen LogP contribution in [-0.2, 0) is 0 Å². The maximum absolute atomic E-state index is 6.38. The maximum atomic E-state index is 6.38. The molecule has 0 aliphatic carbocycles. The van der Waals surface area contributed by atoms with Crippen LogP contribution in [0.4, 0.5) is 0 Å². The van der Waals surface area contributed by atoms with E-state index in [1.165, 1.54) is 0 Å². The third kappa shape index (κ3) is 4.30. The largest absolute Gasteiger partial charge is 0.319 e. The number of allylic oxidation sites excluding steroid dienone is 1. The molecule has 1 heterocycles. The molecule has 5 heteroatoms. The fourth-order valence-electron chi connectivity index (χ4n) is 2.12. The van der Waals surface area contributed by atoms with Gasteiger partial charge in [0.2, 0.25) is 0 Å². The molecule has 1 aliphatic rings. The lowest BCUT2D eigenvalue weighted by Crippen LogP contribution is -2.63. The Kier molecular flexibility index (Phi) is 5.49. The predicted molar refractivity (Wildman–Crippen MR) is 92.7 cm³/mol. The second kappa shape index (κ2) is 7.56. The van der Waals surface area contributed by atoms with E-state index in [1.807, 2.05) is 42.5 Å². The van der Waals surface area contributed by atoms with Crippen molar-refractivity contribution < 1.29 is 0 Å². The summed E-state index contributed by atoms with van der Waals surface area (Å²) in [5.74, 6) is 0.489. The first kappa shape index (κ1) is 16.0. The van der Waals surface area contributed by atoms with Gasteiger partial charge in [-0.2, -0.15) is 0 Å². The van der Waals surface area contributed by atoms with Crippen molar-refractivity contribution in [3.8, 4) is 0 Å². The highest BCUT2D eigenvalue weighted by Crippen LogP contribution is 2.14. The van der Waals surface area contributed by atoms with E-state index in [-0.39, 0.29) is 0 Å². The van der Waals surface area contributed by atoms with Crippen LogP contribution in [0.2, 0.25) is 0 Å². The Hall–Kier alpha value is -2.40. The van der Waals surface area contributed by atoms with Crippen molar-refractivity contribution in [2.75, 3.05) is 6.54 Å². The lowest BCUT2D eigenvalue weighted by molar-refractivity contribution is 0.373. The minimum Gasteiger partial charge on any atom is -0.319 e. The van der Waals surface area contributed by atoms with Crippen molar-refractivity contribution >= 4 is 11.8 Å². The van der Waals surface area contributed by atoms with Crippen LogP contribution in [0, 0.1) is 0 Å². The molecule has 0 fully saturated rings. The summed E-state index contributed by atoms with van der Waals surface area (Å²) >= 11 is 0. The molecule has 0 spiro atoms. The molecule has 0 saturated heterocycles. The van der Waals surface area contributed by atoms with Crippen molar-refractivity contribution in [1.82, 2.24) is 10.6 Å². The molecule has 0 radical (unpaired) electrons. The number of nitrogens with one attached hydrogen (secondary N) is 2. The predicted octanol–water partition coefficient (Wildman–Crippen LogP) is 2.14. The molecule has 1 aromatic carbocycles. The number of nitrogens with two attached hydrogens (primary N) is 1. The van der Waals surface area contributed by atoms with Crippen LogP contribution in [0.5, 0.6) is 0 Å². The van der Waals surface area contributed by atoms with E-state index < -0.39 is 5.79 Å². The lowest BCUT2D eigenvalue weighted by atomic mass is 10.1. The summed E-state index contributed by atoms with van der Waals surface area (Å²) in [5, 5.41) is 6.38. The molecule has 5 nitrogen and oxygen atoms in total. The smallest absolute Gasteiger partial charge is 0.199 e. The average Bonchev–Trinajstić information content (AvgIpc) is 2.54. The van der Waals surface area contributed by atoms with Gasteiger partial charge in [-0.25, -0.2) is 4.99 Å². The minimum atomic E-state index is -0.877. The zero-order chi connectivity index (χ0) is 15.8. The van der Waals surface area contributed by atoms with Gasteiger partial charge in [0.05, 0.1) is 0 Å². The summed E-state index contributed by atoms with van der Waals surface area (Å²) in [4.78, 5) is 9.11. The number of hydrogen-bond acceptors (Lipinski definition) is 3. The van der Waals surface area contributed by atoms with Crippen LogP contribution >= 0.6 is 0 Å². The summed E-state index contributed by atoms with van der Waals surface area (Å²) < 4.78 is 0. The zero-order valence-electron chi connectivity index (χ0n) is 12.8. The Balaban J connectivity index is 2.27. The molecule has 1 atom stereocenters. The van der Waals surface area contributed by atoms with Crippen molar-refractivity contribution in [3.05, 3.63) is 61.2 Å². The van der Waals surface area contributed by atoms with Crippen molar-refractivity contribution in [2.24, 2.45) is 15.7 Å². The van der Waals surface area contributed by atoms with Gasteiger partial charge in [-0.15, -0.1) is 13.2 Å². The second-order valence-electron chi connectivity index (χ2n) is 5.14. The highest BCUT2D eigenvalue weighted by Gasteiger charge is 2.30. The van der Waals surface area contributed by atoms with Gasteiger partial charge < -0.3 is 10.6 Å². The molecule has 22 heavy (non-hydrogen) atoms. The van der Waals surface area contributed by atoms with E-state index in [2.05, 4.69) is 33.8 Å². The molecule has 0 amide bonds. The molecule has 116 valence electrons. The maximum Gasteiger partial charge on any atom is 0.199 e. The van der Waals surface area contributed by atoms with Crippen LogP contribution < -0.4 is 16.4 Å². The number of nitrogens with zero attached hydrogens (tertiary/aromatic N) is 2. The van der Waals surface area contributed by atoms with Gasteiger partial charge in [-0.05, 0) is 12.8 Å². The average molecular weight is 297 g/mol.